The van der Waals surface area contributed by atoms with Crippen molar-refractivity contribution in [2.24, 2.45) is 0 Å². The van der Waals surface area contributed by atoms with Crippen LogP contribution in [0.25, 0.3) is 0 Å². The molecule has 0 radical (unpaired) electrons. The second-order valence-electron chi connectivity index (χ2n) is 11.3. The third kappa shape index (κ3) is 12.3. The number of hydrogen-bond acceptors (Lipinski definition) is 8. The Morgan fingerprint density at radius 3 is 1.85 bits per heavy atom. The van der Waals surface area contributed by atoms with E-state index < -0.39 is 50.9 Å². The molecule has 0 aromatic heterocycles. The summed E-state index contributed by atoms with van der Waals surface area (Å²) in [5.74, 6) is -1.27. The Kier molecular flexibility index (Phi) is 16.1. The molecule has 0 heterocycles. The topological polar surface area (TPSA) is 105 Å². The van der Waals surface area contributed by atoms with Crippen molar-refractivity contribution in [1.29, 1.82) is 0 Å². The van der Waals surface area contributed by atoms with E-state index in [1.807, 2.05) is 26.0 Å². The molecule has 40 heavy (non-hydrogen) atoms. The van der Waals surface area contributed by atoms with Crippen LogP contribution < -0.4 is 0 Å². The highest BCUT2D eigenvalue weighted by molar-refractivity contribution is 7.46. The molecule has 0 bridgehead atoms. The molecule has 8 nitrogen and oxygen atoms in total. The van der Waals surface area contributed by atoms with Gasteiger partial charge < -0.3 is 28.1 Å². The molecule has 0 fully saturated rings. The molecule has 2 rings (SSSR count). The lowest BCUT2D eigenvalue weighted by atomic mass is 10.0. The van der Waals surface area contributed by atoms with Crippen molar-refractivity contribution >= 4 is 27.5 Å². The predicted molar refractivity (Wildman–Crippen MR) is 161 cm³/mol. The summed E-state index contributed by atoms with van der Waals surface area (Å²) >= 11 is 0. The fraction of sp³-hybridized carbons (Fsp3) is 0.800. The quantitative estimate of drug-likeness (QED) is 0.0699. The Morgan fingerprint density at radius 2 is 1.35 bits per heavy atom. The first-order chi connectivity index (χ1) is 19.1. The van der Waals surface area contributed by atoms with Crippen LogP contribution in [0.15, 0.2) is 24.3 Å². The molecule has 0 aromatic rings. The Hall–Kier alpha value is -1.20. The molecule has 0 saturated heterocycles. The molecule has 10 heteroatoms. The van der Waals surface area contributed by atoms with Crippen LogP contribution in [0.2, 0.25) is 0 Å². The zero-order valence-corrected chi connectivity index (χ0v) is 27.2. The van der Waals surface area contributed by atoms with Crippen molar-refractivity contribution in [3.63, 3.8) is 0 Å². The molecule has 2 aliphatic rings. The number of esters is 2. The highest BCUT2D eigenvalue weighted by Crippen LogP contribution is 2.44. The molecule has 0 aliphatic heterocycles. The normalized spacial score (nSPS) is 24.3. The molecule has 230 valence electrons. The summed E-state index contributed by atoms with van der Waals surface area (Å²) in [6, 6.07) is 0. The van der Waals surface area contributed by atoms with Gasteiger partial charge in [-0.1, -0.05) is 44.1 Å². The van der Waals surface area contributed by atoms with Crippen LogP contribution in [-0.2, 0) is 37.7 Å². The maximum absolute atomic E-state index is 13.2. The Labute approximate surface area is 242 Å². The van der Waals surface area contributed by atoms with Crippen molar-refractivity contribution in [3.05, 3.63) is 24.3 Å². The highest BCUT2D eigenvalue weighted by atomic mass is 31.1. The van der Waals surface area contributed by atoms with Gasteiger partial charge in [0.25, 0.3) is 0 Å². The largest absolute Gasteiger partial charge is 0.460 e. The summed E-state index contributed by atoms with van der Waals surface area (Å²) in [6.45, 7) is 8.85. The predicted octanol–water partition coefficient (Wildman–Crippen LogP) is 7.25. The minimum Gasteiger partial charge on any atom is -0.460 e. The standard InChI is InChI=1S/C30H52O8P2/c1-6-30(5,38-24(3)29(32)37-27-19-13-10-14-20-27)40(34)22-16-8-7-15-21-39(33)25(4)35-23(2)28(31)36-26-17-11-9-12-18-26/h9-11,13,23-27,39-40H,6-8,12,14-22H2,1-5H3. The molecule has 0 saturated carbocycles. The van der Waals surface area contributed by atoms with Gasteiger partial charge in [0, 0.05) is 25.2 Å². The van der Waals surface area contributed by atoms with Gasteiger partial charge >= 0.3 is 11.9 Å². The molecule has 8 atom stereocenters. The molecule has 0 aromatic carbocycles. The summed E-state index contributed by atoms with van der Waals surface area (Å²) in [7, 11) is -4.10. The lowest BCUT2D eigenvalue weighted by molar-refractivity contribution is -0.167. The van der Waals surface area contributed by atoms with Gasteiger partial charge in [0.15, 0.2) is 12.2 Å². The number of carbonyl (C=O) groups excluding carboxylic acids is 2. The van der Waals surface area contributed by atoms with Crippen molar-refractivity contribution < 1.29 is 37.7 Å². The van der Waals surface area contributed by atoms with E-state index in [2.05, 4.69) is 12.2 Å². The van der Waals surface area contributed by atoms with Crippen molar-refractivity contribution in [1.82, 2.24) is 0 Å². The smallest absolute Gasteiger partial charge is 0.335 e. The zero-order valence-electron chi connectivity index (χ0n) is 25.2. The van der Waals surface area contributed by atoms with Crippen LogP contribution in [0.3, 0.4) is 0 Å². The van der Waals surface area contributed by atoms with E-state index in [-0.39, 0.29) is 12.2 Å². The summed E-state index contributed by atoms with van der Waals surface area (Å²) in [5.41, 5.74) is 0. The number of rotatable bonds is 18. The lowest BCUT2D eigenvalue weighted by Gasteiger charge is -2.31. The van der Waals surface area contributed by atoms with Gasteiger partial charge in [0.05, 0.1) is 0 Å². The van der Waals surface area contributed by atoms with Gasteiger partial charge in [-0.05, 0) is 72.6 Å². The Balaban J connectivity index is 1.62. The van der Waals surface area contributed by atoms with E-state index in [1.54, 1.807) is 20.8 Å². The number of carbonyl (C=O) groups is 2. The second kappa shape index (κ2) is 18.4. The molecule has 8 unspecified atom stereocenters. The van der Waals surface area contributed by atoms with Gasteiger partial charge in [-0.2, -0.15) is 0 Å². The molecule has 0 N–H and O–H groups in total. The fourth-order valence-corrected chi connectivity index (χ4v) is 8.06. The number of allylic oxidation sites excluding steroid dienone is 2. The SMILES string of the molecule is CCC(C)(OC(C)C(=O)OC1CC=CCC1)[PH](=O)CCCCCC[PH](=O)C(C)OC(C)C(=O)OC1CC=CCC1. The van der Waals surface area contributed by atoms with Crippen LogP contribution in [-0.4, -0.2) is 59.9 Å². The van der Waals surface area contributed by atoms with Crippen molar-refractivity contribution in [3.8, 4) is 0 Å². The maximum Gasteiger partial charge on any atom is 0.335 e. The highest BCUT2D eigenvalue weighted by Gasteiger charge is 2.35. The first-order valence-corrected chi connectivity index (χ1v) is 18.5. The van der Waals surface area contributed by atoms with E-state index >= 15 is 0 Å². The van der Waals surface area contributed by atoms with Crippen molar-refractivity contribution in [2.45, 2.75) is 141 Å². The van der Waals surface area contributed by atoms with Gasteiger partial charge in [-0.25, -0.2) is 9.59 Å². The molecular weight excluding hydrogens is 550 g/mol. The maximum atomic E-state index is 13.2. The van der Waals surface area contributed by atoms with E-state index in [0.29, 0.717) is 18.7 Å². The summed E-state index contributed by atoms with van der Waals surface area (Å²) in [6.07, 6.45) is 16.5. The van der Waals surface area contributed by atoms with Crippen LogP contribution in [0, 0.1) is 0 Å². The van der Waals surface area contributed by atoms with Gasteiger partial charge in [-0.3, -0.25) is 0 Å². The fourth-order valence-electron chi connectivity index (χ4n) is 4.89. The van der Waals surface area contributed by atoms with Gasteiger partial charge in [0.2, 0.25) is 0 Å². The van der Waals surface area contributed by atoms with Gasteiger partial charge in [0.1, 0.15) is 39.0 Å². The average Bonchev–Trinajstić information content (AvgIpc) is 2.95. The zero-order chi connectivity index (χ0) is 29.5. The summed E-state index contributed by atoms with van der Waals surface area (Å²) < 4.78 is 48.7. The van der Waals surface area contributed by atoms with Crippen LogP contribution in [0.5, 0.6) is 0 Å². The number of ether oxygens (including phenoxy) is 4. The number of unbranched alkanes of at least 4 members (excludes halogenated alkanes) is 3. The molecule has 2 aliphatic carbocycles. The van der Waals surface area contributed by atoms with E-state index in [4.69, 9.17) is 18.9 Å². The molecular formula is C30H52O8P2. The number of hydrogen-bond donors (Lipinski definition) is 0. The minimum atomic E-state index is -2.10. The molecule has 0 spiro atoms. The van der Waals surface area contributed by atoms with Gasteiger partial charge in [-0.15, -0.1) is 0 Å². The Bertz CT molecular complexity index is 904. The van der Waals surface area contributed by atoms with Crippen LogP contribution in [0.1, 0.15) is 105 Å². The first kappa shape index (κ1) is 35.0. The summed E-state index contributed by atoms with van der Waals surface area (Å²) in [4.78, 5) is 24.8. The average molecular weight is 603 g/mol. The van der Waals surface area contributed by atoms with Crippen LogP contribution >= 0.6 is 15.6 Å². The van der Waals surface area contributed by atoms with E-state index in [9.17, 15) is 18.7 Å². The third-order valence-corrected chi connectivity index (χ3v) is 12.2. The van der Waals surface area contributed by atoms with E-state index in [0.717, 1.165) is 64.2 Å². The monoisotopic (exact) mass is 602 g/mol. The first-order valence-electron chi connectivity index (χ1n) is 15.2. The summed E-state index contributed by atoms with van der Waals surface area (Å²) in [5, 5.41) is -0.848. The van der Waals surface area contributed by atoms with Crippen LogP contribution in [0.4, 0.5) is 0 Å². The van der Waals surface area contributed by atoms with Crippen molar-refractivity contribution in [2.75, 3.05) is 12.3 Å². The van der Waals surface area contributed by atoms with E-state index in [1.165, 1.54) is 0 Å². The third-order valence-electron chi connectivity index (χ3n) is 7.81. The minimum absolute atomic E-state index is 0.0994. The molecule has 0 amide bonds. The second-order valence-corrected chi connectivity index (χ2v) is 15.9. The lowest BCUT2D eigenvalue weighted by Crippen LogP contribution is -2.36. The Morgan fingerprint density at radius 1 is 0.825 bits per heavy atom.